The molecule has 0 aromatic rings. The third-order valence-corrected chi connectivity index (χ3v) is 1.91. The topological polar surface area (TPSA) is 38.3 Å². The summed E-state index contributed by atoms with van der Waals surface area (Å²) in [6.07, 6.45) is 8.94. The lowest BCUT2D eigenvalue weighted by molar-refractivity contribution is -0.138. The molecule has 1 saturated heterocycles. The molecule has 1 aliphatic rings. The van der Waals surface area contributed by atoms with Gasteiger partial charge in [-0.3, -0.25) is 4.79 Å². The molecule has 0 spiro atoms. The minimum atomic E-state index is -0.318. The van der Waals surface area contributed by atoms with Crippen LogP contribution in [-0.4, -0.2) is 24.7 Å². The maximum Gasteiger partial charge on any atom is 0.293 e. The number of hydrogen-bond donors (Lipinski definition) is 1. The Hall–Kier alpha value is -1.01. The quantitative estimate of drug-likeness (QED) is 0.530. The van der Waals surface area contributed by atoms with E-state index in [1.54, 1.807) is 0 Å². The molecule has 3 heteroatoms. The van der Waals surface area contributed by atoms with E-state index in [-0.39, 0.29) is 5.60 Å². The summed E-state index contributed by atoms with van der Waals surface area (Å²) < 4.78 is 4.55. The molecule has 0 amide bonds. The lowest BCUT2D eigenvalue weighted by atomic mass is 10.1. The standard InChI is InChI=1S/C7H11N.C5H10O2/c1-2-7-5-3-4-6-8-7;1-5(2,3)7-4-6/h1,7-8H,3-6H2;4H,1-3H3. The van der Waals surface area contributed by atoms with Gasteiger partial charge >= 0.3 is 0 Å². The summed E-state index contributed by atoms with van der Waals surface area (Å²) in [6.45, 7) is 7.03. The van der Waals surface area contributed by atoms with Gasteiger partial charge in [0, 0.05) is 0 Å². The third-order valence-electron chi connectivity index (χ3n) is 1.91. The van der Waals surface area contributed by atoms with Crippen LogP contribution in [0.15, 0.2) is 0 Å². The SMILES string of the molecule is C#CC1CCCCN1.CC(C)(C)OC=O. The summed E-state index contributed by atoms with van der Waals surface area (Å²) in [4.78, 5) is 9.60. The fraction of sp³-hybridized carbons (Fsp3) is 0.750. The molecule has 1 heterocycles. The second-order valence-electron chi connectivity index (χ2n) is 4.50. The van der Waals surface area contributed by atoms with Crippen LogP contribution in [0.1, 0.15) is 40.0 Å². The average molecular weight is 211 g/mol. The Balaban J connectivity index is 0.000000265. The van der Waals surface area contributed by atoms with E-state index in [1.807, 2.05) is 20.8 Å². The van der Waals surface area contributed by atoms with Crippen LogP contribution >= 0.6 is 0 Å². The molecule has 15 heavy (non-hydrogen) atoms. The zero-order chi connectivity index (χ0) is 11.7. The first-order chi connectivity index (χ1) is 6.99. The molecule has 1 aliphatic heterocycles. The van der Waals surface area contributed by atoms with Gasteiger partial charge in [-0.1, -0.05) is 5.92 Å². The van der Waals surface area contributed by atoms with Crippen molar-refractivity contribution < 1.29 is 9.53 Å². The van der Waals surface area contributed by atoms with Crippen molar-refractivity contribution in [2.24, 2.45) is 0 Å². The summed E-state index contributed by atoms with van der Waals surface area (Å²) in [5.74, 6) is 2.69. The number of piperidine rings is 1. The number of carbonyl (C=O) groups excluding carboxylic acids is 1. The fourth-order valence-electron chi connectivity index (χ4n) is 1.14. The molecular weight excluding hydrogens is 190 g/mol. The van der Waals surface area contributed by atoms with Gasteiger partial charge in [0.1, 0.15) is 5.60 Å². The lowest BCUT2D eigenvalue weighted by Gasteiger charge is -2.17. The summed E-state index contributed by atoms with van der Waals surface area (Å²) in [6, 6.07) is 0.365. The summed E-state index contributed by atoms with van der Waals surface area (Å²) in [5.41, 5.74) is -0.318. The van der Waals surface area contributed by atoms with Crippen LogP contribution in [0, 0.1) is 12.3 Å². The summed E-state index contributed by atoms with van der Waals surface area (Å²) in [5, 5.41) is 3.23. The number of terminal acetylenes is 1. The molecule has 3 nitrogen and oxygen atoms in total. The highest BCUT2D eigenvalue weighted by Gasteiger charge is 2.07. The fourth-order valence-corrected chi connectivity index (χ4v) is 1.14. The normalized spacial score (nSPS) is 20.5. The minimum Gasteiger partial charge on any atom is -0.462 e. The molecule has 1 fully saturated rings. The molecule has 86 valence electrons. The van der Waals surface area contributed by atoms with Crippen molar-refractivity contribution in [3.63, 3.8) is 0 Å². The number of hydrogen-bond acceptors (Lipinski definition) is 3. The predicted octanol–water partition coefficient (Wildman–Crippen LogP) is 1.72. The maximum atomic E-state index is 9.60. The lowest BCUT2D eigenvalue weighted by Crippen LogP contribution is -2.32. The molecule has 1 atom stereocenters. The van der Waals surface area contributed by atoms with Gasteiger partial charge in [0.15, 0.2) is 0 Å². The Bertz CT molecular complexity index is 207. The highest BCUT2D eigenvalue weighted by Crippen LogP contribution is 2.04. The van der Waals surface area contributed by atoms with E-state index >= 15 is 0 Å². The molecule has 0 bridgehead atoms. The molecule has 0 radical (unpaired) electrons. The highest BCUT2D eigenvalue weighted by molar-refractivity contribution is 5.37. The molecule has 0 aliphatic carbocycles. The van der Waals surface area contributed by atoms with Crippen molar-refractivity contribution in [1.82, 2.24) is 5.32 Å². The van der Waals surface area contributed by atoms with E-state index < -0.39 is 0 Å². The van der Waals surface area contributed by atoms with Crippen molar-refractivity contribution in [1.29, 1.82) is 0 Å². The van der Waals surface area contributed by atoms with Crippen molar-refractivity contribution in [2.75, 3.05) is 6.54 Å². The van der Waals surface area contributed by atoms with E-state index in [1.165, 1.54) is 12.8 Å². The van der Waals surface area contributed by atoms with E-state index in [0.717, 1.165) is 13.0 Å². The predicted molar refractivity (Wildman–Crippen MR) is 61.4 cm³/mol. The van der Waals surface area contributed by atoms with Gasteiger partial charge in [-0.2, -0.15) is 0 Å². The van der Waals surface area contributed by atoms with E-state index in [0.29, 0.717) is 12.5 Å². The monoisotopic (exact) mass is 211 g/mol. The smallest absolute Gasteiger partial charge is 0.293 e. The Morgan fingerprint density at radius 3 is 2.33 bits per heavy atom. The van der Waals surface area contributed by atoms with Crippen LogP contribution in [0.25, 0.3) is 0 Å². The van der Waals surface area contributed by atoms with Gasteiger partial charge in [-0.05, 0) is 46.6 Å². The first-order valence-electron chi connectivity index (χ1n) is 5.30. The number of nitrogens with one attached hydrogen (secondary N) is 1. The number of carbonyl (C=O) groups is 1. The number of rotatable bonds is 1. The van der Waals surface area contributed by atoms with Gasteiger partial charge in [0.2, 0.25) is 0 Å². The zero-order valence-corrected chi connectivity index (χ0v) is 9.88. The number of ether oxygens (including phenoxy) is 1. The van der Waals surface area contributed by atoms with Crippen LogP contribution in [0.4, 0.5) is 0 Å². The molecule has 1 rings (SSSR count). The molecule has 0 saturated carbocycles. The average Bonchev–Trinajstić information content (AvgIpc) is 2.18. The Morgan fingerprint density at radius 1 is 1.47 bits per heavy atom. The molecule has 0 aromatic heterocycles. The first-order valence-corrected chi connectivity index (χ1v) is 5.30. The molecule has 1 N–H and O–H groups in total. The van der Waals surface area contributed by atoms with E-state index in [9.17, 15) is 4.79 Å². The summed E-state index contributed by atoms with van der Waals surface area (Å²) in [7, 11) is 0. The Morgan fingerprint density at radius 2 is 2.13 bits per heavy atom. The van der Waals surface area contributed by atoms with Crippen LogP contribution in [-0.2, 0) is 9.53 Å². The maximum absolute atomic E-state index is 9.60. The minimum absolute atomic E-state index is 0.318. The molecular formula is C12H21NO2. The second kappa shape index (κ2) is 7.30. The van der Waals surface area contributed by atoms with Crippen molar-refractivity contribution in [3.8, 4) is 12.3 Å². The first kappa shape index (κ1) is 14.0. The van der Waals surface area contributed by atoms with Gasteiger partial charge < -0.3 is 10.1 Å². The van der Waals surface area contributed by atoms with Crippen LogP contribution in [0.2, 0.25) is 0 Å². The summed E-state index contributed by atoms with van der Waals surface area (Å²) >= 11 is 0. The molecule has 0 aromatic carbocycles. The van der Waals surface area contributed by atoms with Gasteiger partial charge in [-0.15, -0.1) is 6.42 Å². The van der Waals surface area contributed by atoms with E-state index in [4.69, 9.17) is 6.42 Å². The highest BCUT2D eigenvalue weighted by atomic mass is 16.5. The van der Waals surface area contributed by atoms with Gasteiger partial charge in [0.05, 0.1) is 6.04 Å². The van der Waals surface area contributed by atoms with Crippen LogP contribution in [0.3, 0.4) is 0 Å². The zero-order valence-electron chi connectivity index (χ0n) is 9.88. The Kier molecular flexibility index (Phi) is 6.81. The molecule has 1 unspecified atom stereocenters. The van der Waals surface area contributed by atoms with Crippen molar-refractivity contribution in [2.45, 2.75) is 51.7 Å². The van der Waals surface area contributed by atoms with Crippen molar-refractivity contribution in [3.05, 3.63) is 0 Å². The van der Waals surface area contributed by atoms with Gasteiger partial charge in [0.25, 0.3) is 6.47 Å². The second-order valence-corrected chi connectivity index (χ2v) is 4.50. The van der Waals surface area contributed by atoms with Gasteiger partial charge in [-0.25, -0.2) is 0 Å². The third kappa shape index (κ3) is 9.30. The van der Waals surface area contributed by atoms with Crippen LogP contribution < -0.4 is 5.32 Å². The Labute approximate surface area is 92.6 Å². The van der Waals surface area contributed by atoms with E-state index in [2.05, 4.69) is 16.0 Å². The largest absolute Gasteiger partial charge is 0.462 e. The van der Waals surface area contributed by atoms with Crippen molar-refractivity contribution >= 4 is 6.47 Å². The van der Waals surface area contributed by atoms with Crippen LogP contribution in [0.5, 0.6) is 0 Å².